The third-order valence-corrected chi connectivity index (χ3v) is 7.61. The van der Waals surface area contributed by atoms with Crippen LogP contribution < -0.4 is 0 Å². The number of phosphoric ester groups is 2. The van der Waals surface area contributed by atoms with Gasteiger partial charge >= 0.3 is 15.6 Å². The first-order chi connectivity index (χ1) is 11.7. The fourth-order valence-electron chi connectivity index (χ4n) is 1.77. The molecule has 0 bridgehead atoms. The van der Waals surface area contributed by atoms with E-state index in [1.165, 1.54) is 0 Å². The molecule has 2 saturated heterocycles. The molecular weight excluding hydrogens is 464 g/mol. The summed E-state index contributed by atoms with van der Waals surface area (Å²) in [6, 6.07) is 0. The van der Waals surface area contributed by atoms with Crippen molar-refractivity contribution in [1.82, 2.24) is 0 Å². The Kier molecular flexibility index (Phi) is 8.82. The van der Waals surface area contributed by atoms with Crippen molar-refractivity contribution < 1.29 is 36.3 Å². The summed E-state index contributed by atoms with van der Waals surface area (Å²) < 4.78 is 55.6. The molecule has 0 aromatic rings. The number of hydrogen-bond acceptors (Lipinski definition) is 8. The molecule has 2 fully saturated rings. The Bertz CT molecular complexity index is 465. The third-order valence-electron chi connectivity index (χ3n) is 3.28. The van der Waals surface area contributed by atoms with E-state index >= 15 is 0 Å². The Labute approximate surface area is 165 Å². The summed E-state index contributed by atoms with van der Waals surface area (Å²) in [6.07, 6.45) is 0. The smallest absolute Gasteiger partial charge is 0.286 e. The molecule has 25 heavy (non-hydrogen) atoms. The zero-order chi connectivity index (χ0) is 18.6. The van der Waals surface area contributed by atoms with E-state index in [2.05, 4.69) is 0 Å². The van der Waals surface area contributed by atoms with Gasteiger partial charge in [-0.2, -0.15) is 0 Å². The van der Waals surface area contributed by atoms with Crippen LogP contribution in [0.4, 0.5) is 0 Å². The summed E-state index contributed by atoms with van der Waals surface area (Å²) in [5.74, 6) is 0.269. The highest BCUT2D eigenvalue weighted by molar-refractivity contribution is 7.48. The Balaban J connectivity index is 1.81. The fourth-order valence-corrected chi connectivity index (χ4v) is 5.15. The van der Waals surface area contributed by atoms with Gasteiger partial charge in [-0.25, -0.2) is 9.13 Å². The molecule has 2 aliphatic rings. The zero-order valence-electron chi connectivity index (χ0n) is 13.0. The van der Waals surface area contributed by atoms with Gasteiger partial charge in [-0.15, -0.1) is 46.4 Å². The lowest BCUT2D eigenvalue weighted by Gasteiger charge is -2.41. The van der Waals surface area contributed by atoms with Gasteiger partial charge in [0.05, 0.1) is 55.8 Å². The number of halogens is 4. The predicted molar refractivity (Wildman–Crippen MR) is 94.1 cm³/mol. The van der Waals surface area contributed by atoms with E-state index in [1.54, 1.807) is 0 Å². The average molecular weight is 482 g/mol. The summed E-state index contributed by atoms with van der Waals surface area (Å²) in [4.78, 5) is 0. The number of alkyl halides is 4. The van der Waals surface area contributed by atoms with Gasteiger partial charge in [0.15, 0.2) is 0 Å². The molecule has 0 aliphatic carbocycles. The van der Waals surface area contributed by atoms with E-state index in [4.69, 9.17) is 73.5 Å². The van der Waals surface area contributed by atoms with Crippen LogP contribution in [0.2, 0.25) is 0 Å². The van der Waals surface area contributed by atoms with Crippen molar-refractivity contribution in [2.24, 2.45) is 5.41 Å². The maximum atomic E-state index is 12.3. The maximum absolute atomic E-state index is 12.3. The molecule has 14 heteroatoms. The Morgan fingerprint density at radius 2 is 1.12 bits per heavy atom. The van der Waals surface area contributed by atoms with E-state index in [-0.39, 0.29) is 51.4 Å². The summed E-state index contributed by atoms with van der Waals surface area (Å²) in [5.41, 5.74) is -0.770. The molecule has 0 N–H and O–H groups in total. The van der Waals surface area contributed by atoms with Crippen LogP contribution in [0.1, 0.15) is 0 Å². The van der Waals surface area contributed by atoms with Crippen molar-refractivity contribution in [3.63, 3.8) is 0 Å². The van der Waals surface area contributed by atoms with Gasteiger partial charge in [-0.05, 0) is 0 Å². The van der Waals surface area contributed by atoms with Gasteiger partial charge in [-0.1, -0.05) is 0 Å². The molecule has 2 aliphatic heterocycles. The molecular formula is C11H18Cl4O8P2. The van der Waals surface area contributed by atoms with Crippen molar-refractivity contribution in [1.29, 1.82) is 0 Å². The molecule has 2 heterocycles. The van der Waals surface area contributed by atoms with Crippen LogP contribution in [-0.2, 0) is 36.3 Å². The molecule has 148 valence electrons. The molecule has 2 unspecified atom stereocenters. The van der Waals surface area contributed by atoms with Crippen molar-refractivity contribution >= 4 is 62.0 Å². The molecule has 0 amide bonds. The van der Waals surface area contributed by atoms with Crippen molar-refractivity contribution in [2.75, 3.05) is 51.4 Å². The highest BCUT2D eigenvalue weighted by atomic mass is 35.5. The van der Waals surface area contributed by atoms with E-state index in [0.717, 1.165) is 0 Å². The Morgan fingerprint density at radius 1 is 0.800 bits per heavy atom. The van der Waals surface area contributed by atoms with Crippen LogP contribution in [0.5, 0.6) is 0 Å². The van der Waals surface area contributed by atoms with Crippen molar-refractivity contribution in [2.45, 2.75) is 10.8 Å². The second-order valence-corrected chi connectivity index (χ2v) is 10.8. The van der Waals surface area contributed by atoms with E-state index in [1.807, 2.05) is 0 Å². The molecule has 2 atom stereocenters. The van der Waals surface area contributed by atoms with Crippen LogP contribution in [0.3, 0.4) is 0 Å². The molecule has 1 spiro atoms. The first-order valence-corrected chi connectivity index (χ1v) is 12.1. The first-order valence-electron chi connectivity index (χ1n) is 7.21. The summed E-state index contributed by atoms with van der Waals surface area (Å²) in [5, 5.41) is -1.03. The van der Waals surface area contributed by atoms with Gasteiger partial charge < -0.3 is 0 Å². The van der Waals surface area contributed by atoms with Crippen LogP contribution in [-0.4, -0.2) is 62.2 Å². The van der Waals surface area contributed by atoms with Gasteiger partial charge in [0, 0.05) is 11.8 Å². The van der Waals surface area contributed by atoms with Crippen LogP contribution >= 0.6 is 62.0 Å². The molecule has 0 aromatic heterocycles. The van der Waals surface area contributed by atoms with Crippen LogP contribution in [0.25, 0.3) is 0 Å². The number of rotatable bonds is 8. The monoisotopic (exact) mass is 480 g/mol. The summed E-state index contributed by atoms with van der Waals surface area (Å²) in [6.45, 7) is -0.275. The van der Waals surface area contributed by atoms with Gasteiger partial charge in [0.25, 0.3) is 0 Å². The number of phosphoric acid groups is 2. The van der Waals surface area contributed by atoms with Gasteiger partial charge in [0.2, 0.25) is 0 Å². The Morgan fingerprint density at radius 3 is 1.40 bits per heavy atom. The van der Waals surface area contributed by atoms with Crippen molar-refractivity contribution in [3.05, 3.63) is 0 Å². The van der Waals surface area contributed by atoms with Crippen LogP contribution in [0, 0.1) is 5.41 Å². The van der Waals surface area contributed by atoms with Gasteiger partial charge in [-0.3, -0.25) is 27.1 Å². The largest absolute Gasteiger partial charge is 0.474 e. The van der Waals surface area contributed by atoms with Crippen LogP contribution in [0.15, 0.2) is 0 Å². The standard InChI is InChI=1S/C11H18Cl4O8P2/c12-1-9(14)3-18-24(16)20-5-11(6-21-24)7-22-25(17,23-8-11)19-4-10(15)2-13/h9-10H,1-8H2. The lowest BCUT2D eigenvalue weighted by Crippen LogP contribution is -2.46. The SMILES string of the molecule is O=P1(OCC(Cl)CCl)OCC2(CO1)COP(=O)(OCC(Cl)CCl)OC2. The van der Waals surface area contributed by atoms with Gasteiger partial charge in [0.1, 0.15) is 0 Å². The average Bonchev–Trinajstić information content (AvgIpc) is 2.63. The molecule has 0 aromatic carbocycles. The minimum atomic E-state index is -3.72. The topological polar surface area (TPSA) is 89.5 Å². The van der Waals surface area contributed by atoms with E-state index < -0.39 is 31.8 Å². The van der Waals surface area contributed by atoms with E-state index in [0.29, 0.717) is 0 Å². The molecule has 2 rings (SSSR count). The highest BCUT2D eigenvalue weighted by Gasteiger charge is 2.50. The second-order valence-electron chi connectivity index (χ2n) is 5.58. The highest BCUT2D eigenvalue weighted by Crippen LogP contribution is 2.60. The molecule has 8 nitrogen and oxygen atoms in total. The maximum Gasteiger partial charge on any atom is 0.474 e. The predicted octanol–water partition coefficient (Wildman–Crippen LogP) is 4.01. The lowest BCUT2D eigenvalue weighted by molar-refractivity contribution is -0.0951. The minimum Gasteiger partial charge on any atom is -0.286 e. The summed E-state index contributed by atoms with van der Waals surface area (Å²) in [7, 11) is -7.44. The fraction of sp³-hybridized carbons (Fsp3) is 1.00. The molecule has 0 radical (unpaired) electrons. The third kappa shape index (κ3) is 6.74. The molecule has 0 saturated carbocycles. The summed E-state index contributed by atoms with van der Waals surface area (Å²) >= 11 is 22.7. The first kappa shape index (κ1) is 22.7. The Hall–Kier alpha value is 1.38. The van der Waals surface area contributed by atoms with E-state index in [9.17, 15) is 9.13 Å². The zero-order valence-corrected chi connectivity index (χ0v) is 17.8. The number of hydrogen-bond donors (Lipinski definition) is 0. The lowest BCUT2D eigenvalue weighted by atomic mass is 9.93. The van der Waals surface area contributed by atoms with Crippen molar-refractivity contribution in [3.8, 4) is 0 Å². The normalized spacial score (nSPS) is 38.6. The quantitative estimate of drug-likeness (QED) is 0.379. The minimum absolute atomic E-state index is 0.0298. The second kappa shape index (κ2) is 9.73.